The van der Waals surface area contributed by atoms with Gasteiger partial charge in [-0.15, -0.1) is 0 Å². The van der Waals surface area contributed by atoms with Crippen molar-refractivity contribution in [3.8, 4) is 0 Å². The van der Waals surface area contributed by atoms with E-state index in [1.54, 1.807) is 0 Å². The Labute approximate surface area is 81.9 Å². The molecular formula is C12H12F2. The Balaban J connectivity index is 2.20. The van der Waals surface area contributed by atoms with Crippen LogP contribution in [0.4, 0.5) is 8.78 Å². The molecule has 0 atom stereocenters. The summed E-state index contributed by atoms with van der Waals surface area (Å²) in [5.74, 6) is -0.386. The molecule has 0 aliphatic heterocycles. The van der Waals surface area contributed by atoms with Crippen LogP contribution in [0.1, 0.15) is 48.6 Å². The van der Waals surface area contributed by atoms with Crippen molar-refractivity contribution in [1.82, 2.24) is 0 Å². The fourth-order valence-corrected chi connectivity index (χ4v) is 3.00. The normalized spacial score (nSPS) is 29.0. The van der Waals surface area contributed by atoms with Crippen molar-refractivity contribution in [2.24, 2.45) is 0 Å². The predicted octanol–water partition coefficient (Wildman–Crippen LogP) is 3.72. The van der Waals surface area contributed by atoms with Crippen LogP contribution >= 0.6 is 0 Å². The third kappa shape index (κ3) is 1.03. The molecule has 0 aromatic heterocycles. The van der Waals surface area contributed by atoms with Gasteiger partial charge in [-0.2, -0.15) is 0 Å². The zero-order valence-electron chi connectivity index (χ0n) is 7.89. The molecule has 2 bridgehead atoms. The molecule has 0 nitrogen and oxygen atoms in total. The van der Waals surface area contributed by atoms with Crippen LogP contribution in [0.5, 0.6) is 0 Å². The average Bonchev–Trinajstić information content (AvgIpc) is 2.22. The Bertz CT molecular complexity index is 339. The summed E-state index contributed by atoms with van der Waals surface area (Å²) in [5.41, 5.74) is 2.15. The third-order valence-electron chi connectivity index (χ3n) is 3.73. The average molecular weight is 194 g/mol. The maximum Gasteiger partial charge on any atom is 0.159 e. The molecule has 0 saturated heterocycles. The highest BCUT2D eigenvalue weighted by Gasteiger charge is 2.33. The van der Waals surface area contributed by atoms with E-state index in [0.29, 0.717) is 11.8 Å². The molecule has 0 heterocycles. The van der Waals surface area contributed by atoms with Gasteiger partial charge in [-0.3, -0.25) is 0 Å². The fourth-order valence-electron chi connectivity index (χ4n) is 3.00. The van der Waals surface area contributed by atoms with E-state index in [4.69, 9.17) is 0 Å². The van der Waals surface area contributed by atoms with Crippen LogP contribution in [0, 0.1) is 11.6 Å². The van der Waals surface area contributed by atoms with Gasteiger partial charge in [0.2, 0.25) is 0 Å². The van der Waals surface area contributed by atoms with Crippen molar-refractivity contribution in [2.45, 2.75) is 37.5 Å². The van der Waals surface area contributed by atoms with E-state index in [0.717, 1.165) is 36.8 Å². The molecule has 0 spiro atoms. The van der Waals surface area contributed by atoms with E-state index < -0.39 is 11.6 Å². The second-order valence-corrected chi connectivity index (χ2v) is 4.44. The van der Waals surface area contributed by atoms with Gasteiger partial charge >= 0.3 is 0 Å². The van der Waals surface area contributed by atoms with Gasteiger partial charge in [0.05, 0.1) is 0 Å². The highest BCUT2D eigenvalue weighted by atomic mass is 19.2. The van der Waals surface area contributed by atoms with Gasteiger partial charge in [0.1, 0.15) is 0 Å². The molecule has 1 saturated carbocycles. The first kappa shape index (κ1) is 8.39. The zero-order chi connectivity index (χ0) is 9.71. The minimum atomic E-state index is -0.684. The second-order valence-electron chi connectivity index (χ2n) is 4.44. The highest BCUT2D eigenvalue weighted by Crippen LogP contribution is 2.49. The lowest BCUT2D eigenvalue weighted by Gasteiger charge is -2.38. The molecule has 14 heavy (non-hydrogen) atoms. The maximum atomic E-state index is 13.1. The van der Waals surface area contributed by atoms with Gasteiger partial charge in [-0.1, -0.05) is 0 Å². The summed E-state index contributed by atoms with van der Waals surface area (Å²) in [7, 11) is 0. The van der Waals surface area contributed by atoms with Gasteiger partial charge in [0, 0.05) is 0 Å². The van der Waals surface area contributed by atoms with Crippen LogP contribution in [0.15, 0.2) is 12.1 Å². The summed E-state index contributed by atoms with van der Waals surface area (Å²) in [4.78, 5) is 0. The van der Waals surface area contributed by atoms with Crippen LogP contribution < -0.4 is 0 Å². The van der Waals surface area contributed by atoms with E-state index in [2.05, 4.69) is 0 Å². The van der Waals surface area contributed by atoms with Crippen molar-refractivity contribution in [3.63, 3.8) is 0 Å². The van der Waals surface area contributed by atoms with Crippen molar-refractivity contribution in [1.29, 1.82) is 0 Å². The van der Waals surface area contributed by atoms with E-state index >= 15 is 0 Å². The molecule has 2 heteroatoms. The third-order valence-corrected chi connectivity index (χ3v) is 3.73. The molecule has 0 N–H and O–H groups in total. The van der Waals surface area contributed by atoms with Gasteiger partial charge < -0.3 is 0 Å². The topological polar surface area (TPSA) is 0 Å². The van der Waals surface area contributed by atoms with Crippen LogP contribution in [0.2, 0.25) is 0 Å². The Hall–Kier alpha value is -0.920. The lowest BCUT2D eigenvalue weighted by atomic mass is 9.67. The monoisotopic (exact) mass is 194 g/mol. The van der Waals surface area contributed by atoms with Crippen molar-refractivity contribution in [3.05, 3.63) is 34.9 Å². The largest absolute Gasteiger partial charge is 0.204 e. The summed E-state index contributed by atoms with van der Waals surface area (Å²) < 4.78 is 26.1. The number of hydrogen-bond donors (Lipinski definition) is 0. The first-order valence-corrected chi connectivity index (χ1v) is 5.24. The number of fused-ring (bicyclic) bond motifs is 2. The Morgan fingerprint density at radius 2 is 1.14 bits per heavy atom. The van der Waals surface area contributed by atoms with Crippen molar-refractivity contribution in [2.75, 3.05) is 0 Å². The van der Waals surface area contributed by atoms with Crippen LogP contribution in [-0.4, -0.2) is 0 Å². The van der Waals surface area contributed by atoms with Crippen molar-refractivity contribution < 1.29 is 8.78 Å². The quantitative estimate of drug-likeness (QED) is 0.590. The summed E-state index contributed by atoms with van der Waals surface area (Å²) in [6, 6.07) is 2.83. The van der Waals surface area contributed by atoms with Crippen LogP contribution in [0.25, 0.3) is 0 Å². The Kier molecular flexibility index (Phi) is 1.67. The molecule has 74 valence electrons. The Morgan fingerprint density at radius 1 is 0.786 bits per heavy atom. The predicted molar refractivity (Wildman–Crippen MR) is 50.3 cm³/mol. The van der Waals surface area contributed by atoms with Crippen LogP contribution in [-0.2, 0) is 0 Å². The SMILES string of the molecule is Fc1cc2c(cc1F)C1CCC2CC1. The number of rotatable bonds is 0. The van der Waals surface area contributed by atoms with Gasteiger partial charge in [0.15, 0.2) is 11.6 Å². The zero-order valence-corrected chi connectivity index (χ0v) is 7.89. The van der Waals surface area contributed by atoms with Gasteiger partial charge in [-0.05, 0) is 60.8 Å². The first-order chi connectivity index (χ1) is 6.75. The number of hydrogen-bond acceptors (Lipinski definition) is 0. The minimum absolute atomic E-state index is 0.491. The summed E-state index contributed by atoms with van der Waals surface area (Å²) in [6.07, 6.45) is 4.62. The fraction of sp³-hybridized carbons (Fsp3) is 0.500. The summed E-state index contributed by atoms with van der Waals surface area (Å²) in [5, 5.41) is 0. The molecule has 1 aromatic carbocycles. The number of benzene rings is 1. The summed E-state index contributed by atoms with van der Waals surface area (Å²) >= 11 is 0. The molecule has 3 aliphatic rings. The molecular weight excluding hydrogens is 182 g/mol. The molecule has 1 aromatic rings. The molecule has 0 unspecified atom stereocenters. The maximum absolute atomic E-state index is 13.1. The lowest BCUT2D eigenvalue weighted by molar-refractivity contribution is 0.353. The van der Waals surface area contributed by atoms with E-state index in [-0.39, 0.29) is 0 Å². The Morgan fingerprint density at radius 3 is 1.50 bits per heavy atom. The first-order valence-electron chi connectivity index (χ1n) is 5.24. The van der Waals surface area contributed by atoms with Gasteiger partial charge in [-0.25, -0.2) is 8.78 Å². The number of halogens is 2. The highest BCUT2D eigenvalue weighted by molar-refractivity contribution is 5.39. The molecule has 4 rings (SSSR count). The summed E-state index contributed by atoms with van der Waals surface area (Å²) in [6.45, 7) is 0. The van der Waals surface area contributed by atoms with Crippen LogP contribution in [0.3, 0.4) is 0 Å². The van der Waals surface area contributed by atoms with E-state index in [1.165, 1.54) is 12.1 Å². The molecule has 0 amide bonds. The molecule has 3 aliphatic carbocycles. The smallest absolute Gasteiger partial charge is 0.159 e. The van der Waals surface area contributed by atoms with Crippen molar-refractivity contribution >= 4 is 0 Å². The van der Waals surface area contributed by atoms with E-state index in [9.17, 15) is 8.78 Å². The lowest BCUT2D eigenvalue weighted by Crippen LogP contribution is -2.22. The standard InChI is InChI=1S/C12H12F2/c13-11-5-9-7-1-2-8(4-3-7)10(9)6-12(11)14/h5-8H,1-4H2. The second kappa shape index (κ2) is 2.78. The minimum Gasteiger partial charge on any atom is -0.204 e. The molecule has 0 radical (unpaired) electrons. The van der Waals surface area contributed by atoms with E-state index in [1.807, 2.05) is 0 Å². The molecule has 1 fully saturated rings. The van der Waals surface area contributed by atoms with Gasteiger partial charge in [0.25, 0.3) is 0 Å².